The number of hydrogen-bond acceptors (Lipinski definition) is 2. The van der Waals surface area contributed by atoms with Crippen LogP contribution in [0.3, 0.4) is 0 Å². The van der Waals surface area contributed by atoms with Crippen molar-refractivity contribution in [2.45, 2.75) is 13.3 Å². The Balaban J connectivity index is 2.55. The molecular formula is C13H15FN2O3. The van der Waals surface area contributed by atoms with Gasteiger partial charge in [-0.25, -0.2) is 14.0 Å². The van der Waals surface area contributed by atoms with Crippen LogP contribution in [0.4, 0.5) is 14.9 Å². The predicted molar refractivity (Wildman–Crippen MR) is 69.8 cm³/mol. The lowest BCUT2D eigenvalue weighted by Gasteiger charge is -2.07. The van der Waals surface area contributed by atoms with Crippen molar-refractivity contribution in [3.05, 3.63) is 41.7 Å². The standard InChI is InChI=1S/C13H15FN2O3/c1-2-3-4-7-15-13(19)16-9-5-6-10(12(17)18)11(14)8-9/h2-3,5-6,8H,4,7H2,1H3,(H,17,18)(H2,15,16,19)/b3-2+. The molecule has 2 amide bonds. The molecule has 0 unspecified atom stereocenters. The van der Waals surface area contributed by atoms with E-state index >= 15 is 0 Å². The van der Waals surface area contributed by atoms with Gasteiger partial charge in [-0.3, -0.25) is 0 Å². The molecule has 1 aromatic rings. The van der Waals surface area contributed by atoms with Crippen LogP contribution in [0.2, 0.25) is 0 Å². The zero-order valence-corrected chi connectivity index (χ0v) is 10.4. The highest BCUT2D eigenvalue weighted by atomic mass is 19.1. The third-order valence-electron chi connectivity index (χ3n) is 2.29. The molecule has 0 heterocycles. The van der Waals surface area contributed by atoms with Gasteiger partial charge in [0, 0.05) is 12.2 Å². The van der Waals surface area contributed by atoms with Crippen LogP contribution in [-0.2, 0) is 0 Å². The van der Waals surface area contributed by atoms with Crippen molar-refractivity contribution in [3.63, 3.8) is 0 Å². The number of carbonyl (C=O) groups is 2. The van der Waals surface area contributed by atoms with E-state index in [9.17, 15) is 14.0 Å². The van der Waals surface area contributed by atoms with Gasteiger partial charge in [-0.15, -0.1) is 0 Å². The molecule has 0 aliphatic carbocycles. The second kappa shape index (κ2) is 7.15. The van der Waals surface area contributed by atoms with Gasteiger partial charge < -0.3 is 15.7 Å². The molecule has 0 aromatic heterocycles. The van der Waals surface area contributed by atoms with Gasteiger partial charge in [0.25, 0.3) is 0 Å². The van der Waals surface area contributed by atoms with Crippen molar-refractivity contribution in [2.24, 2.45) is 0 Å². The summed E-state index contributed by atoms with van der Waals surface area (Å²) < 4.78 is 13.3. The van der Waals surface area contributed by atoms with Gasteiger partial charge in [-0.05, 0) is 31.5 Å². The Morgan fingerprint density at radius 2 is 2.16 bits per heavy atom. The van der Waals surface area contributed by atoms with Crippen molar-refractivity contribution in [3.8, 4) is 0 Å². The minimum Gasteiger partial charge on any atom is -0.478 e. The second-order valence-electron chi connectivity index (χ2n) is 3.74. The van der Waals surface area contributed by atoms with Crippen LogP contribution in [0, 0.1) is 5.82 Å². The maximum absolute atomic E-state index is 13.3. The number of rotatable bonds is 5. The fourth-order valence-electron chi connectivity index (χ4n) is 1.38. The number of amides is 2. The number of carbonyl (C=O) groups excluding carboxylic acids is 1. The smallest absolute Gasteiger partial charge is 0.338 e. The monoisotopic (exact) mass is 266 g/mol. The number of allylic oxidation sites excluding steroid dienone is 1. The maximum Gasteiger partial charge on any atom is 0.338 e. The van der Waals surface area contributed by atoms with E-state index in [1.807, 2.05) is 19.1 Å². The predicted octanol–water partition coefficient (Wildman–Crippen LogP) is 2.61. The molecule has 0 saturated heterocycles. The summed E-state index contributed by atoms with van der Waals surface area (Å²) in [5, 5.41) is 13.7. The molecule has 0 radical (unpaired) electrons. The highest BCUT2D eigenvalue weighted by Gasteiger charge is 2.11. The van der Waals surface area contributed by atoms with Crippen molar-refractivity contribution < 1.29 is 19.1 Å². The van der Waals surface area contributed by atoms with Crippen molar-refractivity contribution >= 4 is 17.7 Å². The first-order valence-corrected chi connectivity index (χ1v) is 5.73. The van der Waals surface area contributed by atoms with E-state index in [1.54, 1.807) is 0 Å². The number of aromatic carboxylic acids is 1. The van der Waals surface area contributed by atoms with E-state index in [0.29, 0.717) is 13.0 Å². The Bertz CT molecular complexity index is 501. The van der Waals surface area contributed by atoms with Crippen molar-refractivity contribution in [1.29, 1.82) is 0 Å². The average Bonchev–Trinajstić information content (AvgIpc) is 2.34. The van der Waals surface area contributed by atoms with Gasteiger partial charge in [-0.2, -0.15) is 0 Å². The van der Waals surface area contributed by atoms with Crippen LogP contribution in [0.15, 0.2) is 30.4 Å². The number of halogens is 1. The molecule has 0 bridgehead atoms. The van der Waals surface area contributed by atoms with E-state index in [1.165, 1.54) is 6.07 Å². The minimum absolute atomic E-state index is 0.200. The summed E-state index contributed by atoms with van der Waals surface area (Å²) in [4.78, 5) is 22.0. The summed E-state index contributed by atoms with van der Waals surface area (Å²) in [7, 11) is 0. The van der Waals surface area contributed by atoms with E-state index in [-0.39, 0.29) is 5.69 Å². The molecule has 6 heteroatoms. The molecular weight excluding hydrogens is 251 g/mol. The van der Waals surface area contributed by atoms with Gasteiger partial charge in [0.05, 0.1) is 5.56 Å². The third kappa shape index (κ3) is 4.79. The summed E-state index contributed by atoms with van der Waals surface area (Å²) in [5.74, 6) is -2.24. The Kier molecular flexibility index (Phi) is 5.53. The highest BCUT2D eigenvalue weighted by molar-refractivity contribution is 5.91. The third-order valence-corrected chi connectivity index (χ3v) is 2.29. The Morgan fingerprint density at radius 3 is 2.74 bits per heavy atom. The lowest BCUT2D eigenvalue weighted by atomic mass is 10.2. The Hall–Kier alpha value is -2.37. The van der Waals surface area contributed by atoms with Crippen LogP contribution in [0.1, 0.15) is 23.7 Å². The van der Waals surface area contributed by atoms with Gasteiger partial charge in [-0.1, -0.05) is 12.2 Å². The topological polar surface area (TPSA) is 78.4 Å². The minimum atomic E-state index is -1.35. The summed E-state index contributed by atoms with van der Waals surface area (Å²) in [6.07, 6.45) is 4.48. The highest BCUT2D eigenvalue weighted by Crippen LogP contribution is 2.14. The van der Waals surface area contributed by atoms with Gasteiger partial charge in [0.15, 0.2) is 0 Å². The fourth-order valence-corrected chi connectivity index (χ4v) is 1.38. The quantitative estimate of drug-likeness (QED) is 0.566. The summed E-state index contributed by atoms with van der Waals surface area (Å²) in [6, 6.07) is 2.94. The number of hydrogen-bond donors (Lipinski definition) is 3. The van der Waals surface area contributed by atoms with Crippen LogP contribution in [0.25, 0.3) is 0 Å². The number of urea groups is 1. The van der Waals surface area contributed by atoms with Gasteiger partial charge in [0.1, 0.15) is 5.82 Å². The molecule has 0 aliphatic rings. The first-order chi connectivity index (χ1) is 9.04. The summed E-state index contributed by atoms with van der Waals surface area (Å²) in [6.45, 7) is 2.35. The largest absolute Gasteiger partial charge is 0.478 e. The van der Waals surface area contributed by atoms with Crippen LogP contribution in [-0.4, -0.2) is 23.7 Å². The number of benzene rings is 1. The zero-order valence-electron chi connectivity index (χ0n) is 10.4. The van der Waals surface area contributed by atoms with Gasteiger partial charge >= 0.3 is 12.0 Å². The lowest BCUT2D eigenvalue weighted by molar-refractivity contribution is 0.0692. The molecule has 0 fully saturated rings. The average molecular weight is 266 g/mol. The second-order valence-corrected chi connectivity index (χ2v) is 3.74. The van der Waals surface area contributed by atoms with E-state index < -0.39 is 23.4 Å². The summed E-state index contributed by atoms with van der Waals surface area (Å²) >= 11 is 0. The SMILES string of the molecule is C/C=C/CCNC(=O)Nc1ccc(C(=O)O)c(F)c1. The molecule has 0 spiro atoms. The Morgan fingerprint density at radius 1 is 1.42 bits per heavy atom. The van der Waals surface area contributed by atoms with Crippen LogP contribution in [0.5, 0.6) is 0 Å². The molecule has 1 rings (SSSR count). The molecule has 1 aromatic carbocycles. The number of anilines is 1. The Labute approximate surface area is 110 Å². The first kappa shape index (κ1) is 14.7. The zero-order chi connectivity index (χ0) is 14.3. The molecule has 0 atom stereocenters. The van der Waals surface area contributed by atoms with Crippen LogP contribution < -0.4 is 10.6 Å². The molecule has 0 saturated carbocycles. The van der Waals surface area contributed by atoms with E-state index in [0.717, 1.165) is 12.1 Å². The van der Waals surface area contributed by atoms with Crippen LogP contribution >= 0.6 is 0 Å². The first-order valence-electron chi connectivity index (χ1n) is 5.73. The van der Waals surface area contributed by atoms with Gasteiger partial charge in [0.2, 0.25) is 0 Å². The summed E-state index contributed by atoms with van der Waals surface area (Å²) in [5.41, 5.74) is -0.231. The number of nitrogens with one attached hydrogen (secondary N) is 2. The normalized spacial score (nSPS) is 10.4. The molecule has 102 valence electrons. The molecule has 0 aliphatic heterocycles. The number of carboxylic acid groups (broad SMARTS) is 1. The van der Waals surface area contributed by atoms with Crippen molar-refractivity contribution in [2.75, 3.05) is 11.9 Å². The van der Waals surface area contributed by atoms with E-state index in [4.69, 9.17) is 5.11 Å². The maximum atomic E-state index is 13.3. The fraction of sp³-hybridized carbons (Fsp3) is 0.231. The lowest BCUT2D eigenvalue weighted by Crippen LogP contribution is -2.29. The van der Waals surface area contributed by atoms with Crippen molar-refractivity contribution in [1.82, 2.24) is 5.32 Å². The van der Waals surface area contributed by atoms with E-state index in [2.05, 4.69) is 10.6 Å². The molecule has 5 nitrogen and oxygen atoms in total. The molecule has 3 N–H and O–H groups in total. The number of carboxylic acids is 1. The molecule has 19 heavy (non-hydrogen) atoms.